The zero-order chi connectivity index (χ0) is 32.2. The number of hydrogen-bond acceptors (Lipinski definition) is 8. The molecule has 6 aromatic rings. The predicted octanol–water partition coefficient (Wildman–Crippen LogP) is 7.96. The average Bonchev–Trinajstić information content (AvgIpc) is 3.47. The molecule has 2 heterocycles. The Kier molecular flexibility index (Phi) is 8.62. The molecule has 2 aromatic heterocycles. The van der Waals surface area contributed by atoms with Gasteiger partial charge >= 0.3 is 0 Å². The molecule has 6 rings (SSSR count). The van der Waals surface area contributed by atoms with Crippen LogP contribution in [0, 0.1) is 10.1 Å². The first-order valence-electron chi connectivity index (χ1n) is 14.4. The molecular formula is C35H27ClN4O6. The molecule has 0 spiro atoms. The Morgan fingerprint density at radius 3 is 2.63 bits per heavy atom. The van der Waals surface area contributed by atoms with E-state index in [0.717, 1.165) is 16.5 Å². The van der Waals surface area contributed by atoms with Crippen molar-refractivity contribution in [2.24, 2.45) is 5.10 Å². The van der Waals surface area contributed by atoms with E-state index in [1.54, 1.807) is 73.0 Å². The van der Waals surface area contributed by atoms with E-state index in [-0.39, 0.29) is 23.7 Å². The van der Waals surface area contributed by atoms with E-state index in [2.05, 4.69) is 11.7 Å². The van der Waals surface area contributed by atoms with Gasteiger partial charge in [-0.05, 0) is 85.1 Å². The Hall–Kier alpha value is -5.74. The summed E-state index contributed by atoms with van der Waals surface area (Å²) in [7, 11) is 0. The lowest BCUT2D eigenvalue weighted by atomic mass is 10.1. The van der Waals surface area contributed by atoms with Crippen LogP contribution in [0.15, 0.2) is 112 Å². The van der Waals surface area contributed by atoms with E-state index >= 15 is 0 Å². The minimum absolute atomic E-state index is 0.00309. The van der Waals surface area contributed by atoms with Crippen LogP contribution in [-0.4, -0.2) is 27.4 Å². The van der Waals surface area contributed by atoms with Crippen molar-refractivity contribution >= 4 is 45.4 Å². The number of nitro benzene ring substituents is 1. The molecule has 11 heteroatoms. The smallest absolute Gasteiger partial charge is 0.282 e. The van der Waals surface area contributed by atoms with Gasteiger partial charge in [0.05, 0.1) is 28.6 Å². The summed E-state index contributed by atoms with van der Waals surface area (Å²) in [5.41, 5.74) is 2.92. The fraction of sp³-hybridized carbons (Fsp3) is 0.114. The van der Waals surface area contributed by atoms with Crippen molar-refractivity contribution in [2.75, 3.05) is 6.61 Å². The van der Waals surface area contributed by atoms with E-state index in [4.69, 9.17) is 30.5 Å². The number of rotatable bonds is 11. The van der Waals surface area contributed by atoms with Crippen molar-refractivity contribution < 1.29 is 18.8 Å². The highest BCUT2D eigenvalue weighted by molar-refractivity contribution is 6.31. The molecule has 230 valence electrons. The zero-order valence-electron chi connectivity index (χ0n) is 24.7. The van der Waals surface area contributed by atoms with Gasteiger partial charge in [0.25, 0.3) is 11.2 Å². The Bertz CT molecular complexity index is 2190. The van der Waals surface area contributed by atoms with E-state index in [9.17, 15) is 14.9 Å². The van der Waals surface area contributed by atoms with Crippen molar-refractivity contribution in [3.05, 3.63) is 140 Å². The number of benzene rings is 4. The van der Waals surface area contributed by atoms with Gasteiger partial charge in [-0.3, -0.25) is 14.9 Å². The van der Waals surface area contributed by atoms with Gasteiger partial charge in [0, 0.05) is 28.1 Å². The van der Waals surface area contributed by atoms with Crippen LogP contribution in [0.1, 0.15) is 23.6 Å². The van der Waals surface area contributed by atoms with Crippen molar-refractivity contribution in [1.82, 2.24) is 9.66 Å². The maximum Gasteiger partial charge on any atom is 0.282 e. The second-order valence-corrected chi connectivity index (χ2v) is 10.7. The summed E-state index contributed by atoms with van der Waals surface area (Å²) in [5.74, 6) is 1.58. The van der Waals surface area contributed by atoms with E-state index < -0.39 is 4.92 Å². The number of fused-ring (bicyclic) bond motifs is 2. The van der Waals surface area contributed by atoms with Gasteiger partial charge in [0.15, 0.2) is 17.3 Å². The molecule has 0 aliphatic heterocycles. The van der Waals surface area contributed by atoms with Crippen LogP contribution in [0.5, 0.6) is 11.5 Å². The van der Waals surface area contributed by atoms with Crippen molar-refractivity contribution in [3.63, 3.8) is 0 Å². The Morgan fingerprint density at radius 1 is 1.07 bits per heavy atom. The van der Waals surface area contributed by atoms with Crippen molar-refractivity contribution in [2.45, 2.75) is 20.0 Å². The fourth-order valence-corrected chi connectivity index (χ4v) is 5.18. The number of non-ortho nitro benzene ring substituents is 1. The Labute approximate surface area is 267 Å². The Balaban J connectivity index is 1.40. The van der Waals surface area contributed by atoms with Crippen LogP contribution in [-0.2, 0) is 13.0 Å². The number of nitrogens with zero attached hydrogens (tertiary/aromatic N) is 4. The van der Waals surface area contributed by atoms with Gasteiger partial charge in [0.2, 0.25) is 5.82 Å². The first-order chi connectivity index (χ1) is 22.3. The van der Waals surface area contributed by atoms with Crippen LogP contribution >= 0.6 is 11.6 Å². The van der Waals surface area contributed by atoms with Gasteiger partial charge in [0.1, 0.15) is 12.2 Å². The number of nitro groups is 1. The van der Waals surface area contributed by atoms with E-state index in [0.29, 0.717) is 57.4 Å². The fourth-order valence-electron chi connectivity index (χ4n) is 5.00. The SMILES string of the molecule is C=CCc1cc(C=Nn2c(-c3cc4cc(Cl)ccc4o3)nc3ccccc3c2=O)cc(OCC)c1OCc1ccc([N+](=O)[O-])cc1. The lowest BCUT2D eigenvalue weighted by Crippen LogP contribution is -2.20. The molecule has 0 aliphatic rings. The molecule has 0 fully saturated rings. The summed E-state index contributed by atoms with van der Waals surface area (Å²) in [4.78, 5) is 29.1. The standard InChI is InChI=1S/C35H27ClN4O6/c1-3-7-24-16-23(17-31(44-4-2)33(24)45-21-22-10-13-27(14-11-22)40(42)43)20-37-39-34(38-29-9-6-5-8-28(29)35(39)41)32-19-25-18-26(36)12-15-30(25)46-32/h3,5-6,8-20H,1,4,7,21H2,2H3. The minimum Gasteiger partial charge on any atom is -0.490 e. The van der Waals surface area contributed by atoms with Crippen LogP contribution in [0.3, 0.4) is 0 Å². The van der Waals surface area contributed by atoms with Gasteiger partial charge in [-0.15, -0.1) is 6.58 Å². The average molecular weight is 635 g/mol. The molecule has 0 atom stereocenters. The lowest BCUT2D eigenvalue weighted by molar-refractivity contribution is -0.384. The summed E-state index contributed by atoms with van der Waals surface area (Å²) in [6.07, 6.45) is 3.76. The summed E-state index contributed by atoms with van der Waals surface area (Å²) in [6, 6.07) is 23.9. The van der Waals surface area contributed by atoms with Crippen molar-refractivity contribution in [3.8, 4) is 23.1 Å². The maximum absolute atomic E-state index is 13.7. The second-order valence-electron chi connectivity index (χ2n) is 10.3. The molecular weight excluding hydrogens is 608 g/mol. The number of allylic oxidation sites excluding steroid dienone is 1. The molecule has 0 saturated carbocycles. The summed E-state index contributed by atoms with van der Waals surface area (Å²) in [5, 5.41) is 17.3. The summed E-state index contributed by atoms with van der Waals surface area (Å²) >= 11 is 6.19. The quantitative estimate of drug-likeness (QED) is 0.0613. The zero-order valence-corrected chi connectivity index (χ0v) is 25.4. The van der Waals surface area contributed by atoms with Crippen LogP contribution < -0.4 is 15.0 Å². The number of hydrogen-bond donors (Lipinski definition) is 0. The number of ether oxygens (including phenoxy) is 2. The number of para-hydroxylation sites is 1. The first-order valence-corrected chi connectivity index (χ1v) is 14.7. The monoisotopic (exact) mass is 634 g/mol. The highest BCUT2D eigenvalue weighted by atomic mass is 35.5. The van der Waals surface area contributed by atoms with Crippen molar-refractivity contribution in [1.29, 1.82) is 0 Å². The molecule has 0 radical (unpaired) electrons. The largest absolute Gasteiger partial charge is 0.490 e. The highest BCUT2D eigenvalue weighted by Crippen LogP contribution is 2.35. The molecule has 0 N–H and O–H groups in total. The minimum atomic E-state index is -0.446. The summed E-state index contributed by atoms with van der Waals surface area (Å²) < 4.78 is 19.4. The highest BCUT2D eigenvalue weighted by Gasteiger charge is 2.18. The van der Waals surface area contributed by atoms with Crippen LogP contribution in [0.2, 0.25) is 5.02 Å². The molecule has 0 saturated heterocycles. The number of halogens is 1. The number of furan rings is 1. The molecule has 10 nitrogen and oxygen atoms in total. The summed E-state index contributed by atoms with van der Waals surface area (Å²) in [6.45, 7) is 6.28. The third-order valence-electron chi connectivity index (χ3n) is 7.12. The second kappa shape index (κ2) is 13.1. The van der Waals surface area contributed by atoms with Crippen LogP contribution in [0.25, 0.3) is 33.5 Å². The van der Waals surface area contributed by atoms with E-state index in [1.165, 1.54) is 16.8 Å². The van der Waals surface area contributed by atoms with Gasteiger partial charge < -0.3 is 13.9 Å². The van der Waals surface area contributed by atoms with E-state index in [1.807, 2.05) is 19.1 Å². The normalized spacial score (nSPS) is 11.3. The van der Waals surface area contributed by atoms with Gasteiger partial charge in [-0.1, -0.05) is 29.8 Å². The third kappa shape index (κ3) is 6.24. The maximum atomic E-state index is 13.7. The predicted molar refractivity (Wildman–Crippen MR) is 178 cm³/mol. The van der Waals surface area contributed by atoms with Crippen LogP contribution in [0.4, 0.5) is 5.69 Å². The molecule has 0 unspecified atom stereocenters. The number of aromatic nitrogens is 2. The third-order valence-corrected chi connectivity index (χ3v) is 7.36. The molecule has 46 heavy (non-hydrogen) atoms. The Morgan fingerprint density at radius 2 is 1.87 bits per heavy atom. The molecule has 4 aromatic carbocycles. The van der Waals surface area contributed by atoms with Gasteiger partial charge in [-0.2, -0.15) is 9.78 Å². The van der Waals surface area contributed by atoms with Gasteiger partial charge in [-0.25, -0.2) is 4.98 Å². The molecule has 0 bridgehead atoms. The lowest BCUT2D eigenvalue weighted by Gasteiger charge is -2.17. The molecule has 0 amide bonds. The first kappa shape index (κ1) is 30.3. The topological polar surface area (TPSA) is 122 Å². The molecule has 0 aliphatic carbocycles.